The summed E-state index contributed by atoms with van der Waals surface area (Å²) in [6, 6.07) is 3.73. The minimum Gasteiger partial charge on any atom is -0.454 e. The molecule has 0 aliphatic carbocycles. The van der Waals surface area contributed by atoms with Crippen molar-refractivity contribution < 1.29 is 4.42 Å². The summed E-state index contributed by atoms with van der Waals surface area (Å²) in [4.78, 5) is 0. The molecule has 1 rings (SSSR count). The predicted octanol–water partition coefficient (Wildman–Crippen LogP) is 2.45. The summed E-state index contributed by atoms with van der Waals surface area (Å²) < 4.78 is 4.98. The standard InChI is InChI=1S/C9H11NO/c1-9(2,3)7-4-8(5-10)11-6-7/h4,6H,1-3H3. The molecular formula is C9H11NO. The molecule has 11 heavy (non-hydrogen) atoms. The maximum atomic E-state index is 8.47. The van der Waals surface area contributed by atoms with Gasteiger partial charge in [0.25, 0.3) is 0 Å². The Morgan fingerprint density at radius 1 is 1.45 bits per heavy atom. The third-order valence-corrected chi connectivity index (χ3v) is 1.58. The molecule has 0 fully saturated rings. The Morgan fingerprint density at radius 2 is 2.09 bits per heavy atom. The fourth-order valence-electron chi connectivity index (χ4n) is 0.788. The van der Waals surface area contributed by atoms with E-state index in [0.29, 0.717) is 5.76 Å². The monoisotopic (exact) mass is 149 g/mol. The average Bonchev–Trinajstić information content (AvgIpc) is 2.32. The maximum absolute atomic E-state index is 8.47. The van der Waals surface area contributed by atoms with E-state index in [-0.39, 0.29) is 5.41 Å². The highest BCUT2D eigenvalue weighted by atomic mass is 16.3. The van der Waals surface area contributed by atoms with Gasteiger partial charge in [-0.2, -0.15) is 5.26 Å². The Morgan fingerprint density at radius 3 is 2.36 bits per heavy atom. The second kappa shape index (κ2) is 2.43. The minimum absolute atomic E-state index is 0.0681. The average molecular weight is 149 g/mol. The van der Waals surface area contributed by atoms with Crippen molar-refractivity contribution in [1.82, 2.24) is 0 Å². The van der Waals surface area contributed by atoms with Gasteiger partial charge in [0.1, 0.15) is 6.07 Å². The lowest BCUT2D eigenvalue weighted by atomic mass is 9.89. The Balaban J connectivity index is 3.01. The molecule has 2 nitrogen and oxygen atoms in total. The topological polar surface area (TPSA) is 36.9 Å². The number of nitrogens with zero attached hydrogens (tertiary/aromatic N) is 1. The zero-order valence-corrected chi connectivity index (χ0v) is 7.01. The molecule has 0 aliphatic rings. The molecule has 0 bridgehead atoms. The van der Waals surface area contributed by atoms with Crippen LogP contribution in [0.5, 0.6) is 0 Å². The number of hydrogen-bond acceptors (Lipinski definition) is 2. The van der Waals surface area contributed by atoms with Gasteiger partial charge in [-0.25, -0.2) is 0 Å². The molecule has 0 saturated heterocycles. The van der Waals surface area contributed by atoms with E-state index >= 15 is 0 Å². The predicted molar refractivity (Wildman–Crippen MR) is 42.1 cm³/mol. The van der Waals surface area contributed by atoms with Gasteiger partial charge in [-0.05, 0) is 17.0 Å². The molecule has 1 aromatic heterocycles. The van der Waals surface area contributed by atoms with Crippen LogP contribution in [-0.2, 0) is 5.41 Å². The van der Waals surface area contributed by atoms with Crippen molar-refractivity contribution >= 4 is 0 Å². The van der Waals surface area contributed by atoms with Crippen molar-refractivity contribution in [3.63, 3.8) is 0 Å². The molecule has 0 N–H and O–H groups in total. The van der Waals surface area contributed by atoms with Gasteiger partial charge in [0.15, 0.2) is 0 Å². The molecule has 0 aromatic carbocycles. The summed E-state index contributed by atoms with van der Waals surface area (Å²) in [5, 5.41) is 8.47. The second-order valence-corrected chi connectivity index (χ2v) is 3.56. The van der Waals surface area contributed by atoms with Crippen LogP contribution in [0.2, 0.25) is 0 Å². The Labute approximate surface area is 66.4 Å². The lowest BCUT2D eigenvalue weighted by Crippen LogP contribution is -2.08. The molecule has 0 radical (unpaired) electrons. The molecular weight excluding hydrogens is 138 g/mol. The lowest BCUT2D eigenvalue weighted by molar-refractivity contribution is 0.528. The van der Waals surface area contributed by atoms with E-state index in [0.717, 1.165) is 5.56 Å². The Kier molecular flexibility index (Phi) is 1.74. The van der Waals surface area contributed by atoms with Crippen LogP contribution in [-0.4, -0.2) is 0 Å². The van der Waals surface area contributed by atoms with Gasteiger partial charge < -0.3 is 4.42 Å². The first-order valence-electron chi connectivity index (χ1n) is 3.53. The van der Waals surface area contributed by atoms with Crippen LogP contribution >= 0.6 is 0 Å². The van der Waals surface area contributed by atoms with Gasteiger partial charge in [-0.3, -0.25) is 0 Å². The summed E-state index contributed by atoms with van der Waals surface area (Å²) in [5.41, 5.74) is 1.13. The molecule has 58 valence electrons. The van der Waals surface area contributed by atoms with Crippen molar-refractivity contribution in [2.45, 2.75) is 26.2 Å². The van der Waals surface area contributed by atoms with Gasteiger partial charge in [0, 0.05) is 0 Å². The highest BCUT2D eigenvalue weighted by molar-refractivity contribution is 5.27. The van der Waals surface area contributed by atoms with E-state index in [2.05, 4.69) is 20.8 Å². The van der Waals surface area contributed by atoms with Crippen molar-refractivity contribution in [3.8, 4) is 6.07 Å². The number of rotatable bonds is 0. The summed E-state index contributed by atoms with van der Waals surface area (Å²) in [6.45, 7) is 6.25. The second-order valence-electron chi connectivity index (χ2n) is 3.56. The molecule has 0 saturated carbocycles. The number of furan rings is 1. The first-order valence-corrected chi connectivity index (χ1v) is 3.53. The molecule has 2 heteroatoms. The first-order chi connectivity index (χ1) is 5.04. The normalized spacial score (nSPS) is 11.1. The van der Waals surface area contributed by atoms with Gasteiger partial charge in [0.2, 0.25) is 5.76 Å². The molecule has 0 amide bonds. The number of hydrogen-bond donors (Lipinski definition) is 0. The van der Waals surface area contributed by atoms with Gasteiger partial charge in [-0.1, -0.05) is 20.8 Å². The van der Waals surface area contributed by atoms with Gasteiger partial charge >= 0.3 is 0 Å². The third-order valence-electron chi connectivity index (χ3n) is 1.58. The Bertz CT molecular complexity index is 285. The smallest absolute Gasteiger partial charge is 0.203 e. The van der Waals surface area contributed by atoms with Crippen LogP contribution in [0.4, 0.5) is 0 Å². The van der Waals surface area contributed by atoms with E-state index in [1.165, 1.54) is 0 Å². The fourth-order valence-corrected chi connectivity index (χ4v) is 0.788. The fraction of sp³-hybridized carbons (Fsp3) is 0.444. The molecule has 1 aromatic rings. The summed E-state index contributed by atoms with van der Waals surface area (Å²) >= 11 is 0. The number of nitriles is 1. The van der Waals surface area contributed by atoms with E-state index in [1.54, 1.807) is 12.3 Å². The van der Waals surface area contributed by atoms with Crippen LogP contribution in [0.15, 0.2) is 16.7 Å². The van der Waals surface area contributed by atoms with Crippen LogP contribution in [0.1, 0.15) is 32.1 Å². The van der Waals surface area contributed by atoms with Crippen LogP contribution in [0.25, 0.3) is 0 Å². The van der Waals surface area contributed by atoms with Crippen LogP contribution in [0.3, 0.4) is 0 Å². The highest BCUT2D eigenvalue weighted by Gasteiger charge is 2.16. The zero-order valence-electron chi connectivity index (χ0n) is 7.01. The molecule has 1 heterocycles. The SMILES string of the molecule is CC(C)(C)c1coc(C#N)c1. The van der Waals surface area contributed by atoms with Gasteiger partial charge in [-0.15, -0.1) is 0 Å². The zero-order chi connectivity index (χ0) is 8.48. The molecule has 0 spiro atoms. The van der Waals surface area contributed by atoms with E-state index in [9.17, 15) is 0 Å². The van der Waals surface area contributed by atoms with E-state index in [4.69, 9.17) is 9.68 Å². The van der Waals surface area contributed by atoms with Crippen LogP contribution in [0, 0.1) is 11.3 Å². The Hall–Kier alpha value is -1.23. The first kappa shape index (κ1) is 7.87. The maximum Gasteiger partial charge on any atom is 0.203 e. The lowest BCUT2D eigenvalue weighted by Gasteiger charge is -2.14. The molecule has 0 unspecified atom stereocenters. The van der Waals surface area contributed by atoms with Crippen molar-refractivity contribution in [2.75, 3.05) is 0 Å². The quantitative estimate of drug-likeness (QED) is 0.568. The molecule has 0 atom stereocenters. The summed E-state index contributed by atoms with van der Waals surface area (Å²) in [6.07, 6.45) is 1.64. The van der Waals surface area contributed by atoms with Crippen molar-refractivity contribution in [3.05, 3.63) is 23.7 Å². The van der Waals surface area contributed by atoms with E-state index < -0.39 is 0 Å². The van der Waals surface area contributed by atoms with Crippen LogP contribution < -0.4 is 0 Å². The third kappa shape index (κ3) is 1.62. The largest absolute Gasteiger partial charge is 0.454 e. The minimum atomic E-state index is 0.0681. The van der Waals surface area contributed by atoms with Gasteiger partial charge in [0.05, 0.1) is 6.26 Å². The van der Waals surface area contributed by atoms with Crippen molar-refractivity contribution in [1.29, 1.82) is 5.26 Å². The molecule has 0 aliphatic heterocycles. The summed E-state index contributed by atoms with van der Waals surface area (Å²) in [7, 11) is 0. The highest BCUT2D eigenvalue weighted by Crippen LogP contribution is 2.23. The summed E-state index contributed by atoms with van der Waals surface area (Å²) in [5.74, 6) is 0.384. The van der Waals surface area contributed by atoms with Crippen molar-refractivity contribution in [2.24, 2.45) is 0 Å². The van der Waals surface area contributed by atoms with E-state index in [1.807, 2.05) is 6.07 Å².